The second kappa shape index (κ2) is 10.6. The highest BCUT2D eigenvalue weighted by molar-refractivity contribution is 7.89. The van der Waals surface area contributed by atoms with Gasteiger partial charge in [0.25, 0.3) is 5.91 Å². The van der Waals surface area contributed by atoms with Crippen molar-refractivity contribution in [3.63, 3.8) is 0 Å². The first-order valence-electron chi connectivity index (χ1n) is 10.4. The third-order valence-corrected chi connectivity index (χ3v) is 7.79. The molecule has 1 atom stereocenters. The number of benzene rings is 1. The summed E-state index contributed by atoms with van der Waals surface area (Å²) in [6.07, 6.45) is -2.80. The topological polar surface area (TPSA) is 102 Å². The SMILES string of the molecule is O=C(COC(=O)C1CCN(S(=O)(=O)c2ccc(Cl)c(C(F)(F)F)c2)CC1)NCC1CCCO1. The molecule has 0 aromatic heterocycles. The van der Waals surface area contributed by atoms with Crippen LogP contribution in [0.5, 0.6) is 0 Å². The van der Waals surface area contributed by atoms with E-state index in [0.29, 0.717) is 19.2 Å². The Morgan fingerprint density at radius 1 is 1.21 bits per heavy atom. The fourth-order valence-electron chi connectivity index (χ4n) is 3.70. The number of sulfonamides is 1. The molecule has 2 fully saturated rings. The molecule has 184 valence electrons. The first kappa shape index (κ1) is 25.7. The van der Waals surface area contributed by atoms with Crippen LogP contribution in [0.1, 0.15) is 31.2 Å². The molecule has 8 nitrogen and oxygen atoms in total. The molecular weight excluding hydrogens is 489 g/mol. The van der Waals surface area contributed by atoms with Crippen molar-refractivity contribution in [3.05, 3.63) is 28.8 Å². The number of rotatable bonds is 7. The van der Waals surface area contributed by atoms with Gasteiger partial charge in [-0.1, -0.05) is 11.6 Å². The zero-order valence-corrected chi connectivity index (χ0v) is 19.1. The van der Waals surface area contributed by atoms with E-state index in [-0.39, 0.29) is 32.0 Å². The molecule has 2 aliphatic heterocycles. The predicted molar refractivity (Wildman–Crippen MR) is 111 cm³/mol. The van der Waals surface area contributed by atoms with Gasteiger partial charge in [-0.2, -0.15) is 17.5 Å². The monoisotopic (exact) mass is 512 g/mol. The zero-order chi connectivity index (χ0) is 24.2. The first-order chi connectivity index (χ1) is 15.5. The average Bonchev–Trinajstić information content (AvgIpc) is 3.29. The van der Waals surface area contributed by atoms with Gasteiger partial charge in [-0.3, -0.25) is 9.59 Å². The lowest BCUT2D eigenvalue weighted by molar-refractivity contribution is -0.153. The Morgan fingerprint density at radius 2 is 1.91 bits per heavy atom. The lowest BCUT2D eigenvalue weighted by Crippen LogP contribution is -2.41. The summed E-state index contributed by atoms with van der Waals surface area (Å²) in [5.74, 6) is -1.69. The number of piperidine rings is 1. The van der Waals surface area contributed by atoms with E-state index in [9.17, 15) is 31.2 Å². The molecule has 3 rings (SSSR count). The molecule has 1 aromatic carbocycles. The molecule has 0 spiro atoms. The Balaban J connectivity index is 1.50. The van der Waals surface area contributed by atoms with E-state index in [1.54, 1.807) is 0 Å². The lowest BCUT2D eigenvalue weighted by atomic mass is 9.98. The van der Waals surface area contributed by atoms with Gasteiger partial charge in [0.05, 0.1) is 27.5 Å². The number of hydrogen-bond acceptors (Lipinski definition) is 6. The number of amides is 1. The highest BCUT2D eigenvalue weighted by Gasteiger charge is 2.37. The number of hydrogen-bond donors (Lipinski definition) is 1. The van der Waals surface area contributed by atoms with E-state index in [1.165, 1.54) is 0 Å². The minimum atomic E-state index is -4.80. The number of nitrogens with zero attached hydrogens (tertiary/aromatic N) is 1. The molecular formula is C20H24ClF3N2O6S. The van der Waals surface area contributed by atoms with Crippen molar-refractivity contribution in [2.45, 2.75) is 42.9 Å². The van der Waals surface area contributed by atoms with E-state index >= 15 is 0 Å². The van der Waals surface area contributed by atoms with Crippen molar-refractivity contribution < 1.29 is 40.7 Å². The van der Waals surface area contributed by atoms with Gasteiger partial charge in [0.15, 0.2) is 6.61 Å². The molecule has 2 aliphatic rings. The van der Waals surface area contributed by atoms with Gasteiger partial charge in [0, 0.05) is 26.2 Å². The fraction of sp³-hybridized carbons (Fsp3) is 0.600. The Labute approximate surface area is 194 Å². The third-order valence-electron chi connectivity index (χ3n) is 5.56. The minimum Gasteiger partial charge on any atom is -0.455 e. The van der Waals surface area contributed by atoms with Crippen molar-refractivity contribution in [3.8, 4) is 0 Å². The maximum Gasteiger partial charge on any atom is 0.417 e. The maximum atomic E-state index is 13.1. The van der Waals surface area contributed by atoms with Crippen molar-refractivity contribution in [1.82, 2.24) is 9.62 Å². The summed E-state index contributed by atoms with van der Waals surface area (Å²) < 4.78 is 76.2. The van der Waals surface area contributed by atoms with Crippen LogP contribution in [0.3, 0.4) is 0 Å². The van der Waals surface area contributed by atoms with Gasteiger partial charge in [-0.15, -0.1) is 0 Å². The van der Waals surface area contributed by atoms with Crippen LogP contribution in [-0.4, -0.2) is 63.6 Å². The molecule has 0 saturated carbocycles. The summed E-state index contributed by atoms with van der Waals surface area (Å²) in [7, 11) is -4.21. The van der Waals surface area contributed by atoms with E-state index in [4.69, 9.17) is 21.1 Å². The smallest absolute Gasteiger partial charge is 0.417 e. The summed E-state index contributed by atoms with van der Waals surface area (Å²) in [6.45, 7) is 0.405. The van der Waals surface area contributed by atoms with E-state index in [2.05, 4.69) is 5.32 Å². The molecule has 1 amide bonds. The fourth-order valence-corrected chi connectivity index (χ4v) is 5.42. The number of halogens is 4. The Morgan fingerprint density at radius 3 is 2.52 bits per heavy atom. The predicted octanol–water partition coefficient (Wildman–Crippen LogP) is 2.60. The van der Waals surface area contributed by atoms with Crippen LogP contribution in [0.4, 0.5) is 13.2 Å². The van der Waals surface area contributed by atoms with Gasteiger partial charge < -0.3 is 14.8 Å². The highest BCUT2D eigenvalue weighted by atomic mass is 35.5. The van der Waals surface area contributed by atoms with Crippen molar-refractivity contribution >= 4 is 33.5 Å². The largest absolute Gasteiger partial charge is 0.455 e. The number of esters is 1. The van der Waals surface area contributed by atoms with Crippen LogP contribution in [0.2, 0.25) is 5.02 Å². The zero-order valence-electron chi connectivity index (χ0n) is 17.6. The van der Waals surface area contributed by atoms with E-state index in [0.717, 1.165) is 29.3 Å². The molecule has 2 saturated heterocycles. The van der Waals surface area contributed by atoms with Crippen molar-refractivity contribution in [1.29, 1.82) is 0 Å². The minimum absolute atomic E-state index is 0.0382. The number of alkyl halides is 3. The molecule has 1 N–H and O–H groups in total. The molecule has 1 aromatic rings. The molecule has 0 radical (unpaired) electrons. The van der Waals surface area contributed by atoms with Crippen molar-refractivity contribution in [2.24, 2.45) is 5.92 Å². The molecule has 2 heterocycles. The molecule has 0 bridgehead atoms. The maximum absolute atomic E-state index is 13.1. The molecule has 1 unspecified atom stereocenters. The Bertz CT molecular complexity index is 975. The van der Waals surface area contributed by atoms with Gasteiger partial charge in [-0.25, -0.2) is 8.42 Å². The second-order valence-corrected chi connectivity index (χ2v) is 10.2. The summed E-state index contributed by atoms with van der Waals surface area (Å²) in [4.78, 5) is 23.6. The number of carbonyl (C=O) groups excluding carboxylic acids is 2. The third kappa shape index (κ3) is 6.58. The highest BCUT2D eigenvalue weighted by Crippen LogP contribution is 2.36. The quantitative estimate of drug-likeness (QED) is 0.563. The van der Waals surface area contributed by atoms with Crippen LogP contribution >= 0.6 is 11.6 Å². The molecule has 13 heteroatoms. The lowest BCUT2D eigenvalue weighted by Gasteiger charge is -2.30. The second-order valence-electron chi connectivity index (χ2n) is 7.86. The van der Waals surface area contributed by atoms with Crippen LogP contribution in [0, 0.1) is 5.92 Å². The standard InChI is InChI=1S/C20H24ClF3N2O6S/c21-17-4-3-15(10-16(17)20(22,23)24)33(29,30)26-7-5-13(6-8-26)19(28)32-12-18(27)25-11-14-2-1-9-31-14/h3-4,10,13-14H,1-2,5-9,11-12H2,(H,25,27). The number of carbonyl (C=O) groups is 2. The normalized spacial score (nSPS) is 20.5. The summed E-state index contributed by atoms with van der Waals surface area (Å²) in [5.41, 5.74) is -1.23. The number of ether oxygens (including phenoxy) is 2. The van der Waals surface area contributed by atoms with Crippen LogP contribution < -0.4 is 5.32 Å². The van der Waals surface area contributed by atoms with Gasteiger partial charge in [0.1, 0.15) is 0 Å². The molecule has 0 aliphatic carbocycles. The van der Waals surface area contributed by atoms with E-state index < -0.39 is 56.1 Å². The Kier molecular flexibility index (Phi) is 8.25. The van der Waals surface area contributed by atoms with Gasteiger partial charge in [-0.05, 0) is 43.9 Å². The van der Waals surface area contributed by atoms with Crippen molar-refractivity contribution in [2.75, 3.05) is 32.8 Å². The number of nitrogens with one attached hydrogen (secondary N) is 1. The van der Waals surface area contributed by atoms with Gasteiger partial charge >= 0.3 is 12.1 Å². The molecule has 33 heavy (non-hydrogen) atoms. The van der Waals surface area contributed by atoms with E-state index in [1.807, 2.05) is 0 Å². The first-order valence-corrected chi connectivity index (χ1v) is 12.2. The summed E-state index contributed by atoms with van der Waals surface area (Å²) in [6, 6.07) is 2.42. The van der Waals surface area contributed by atoms with Crippen LogP contribution in [0.15, 0.2) is 23.1 Å². The summed E-state index contributed by atoms with van der Waals surface area (Å²) in [5, 5.41) is 2.03. The van der Waals surface area contributed by atoms with Gasteiger partial charge in [0.2, 0.25) is 10.0 Å². The summed E-state index contributed by atoms with van der Waals surface area (Å²) >= 11 is 5.56. The average molecular weight is 513 g/mol. The van der Waals surface area contributed by atoms with Crippen LogP contribution in [-0.2, 0) is 35.3 Å². The Hall–Kier alpha value is -1.89. The van der Waals surface area contributed by atoms with Crippen LogP contribution in [0.25, 0.3) is 0 Å².